The summed E-state index contributed by atoms with van der Waals surface area (Å²) in [6.07, 6.45) is -1.12. The normalized spacial score (nSPS) is 11.5. The van der Waals surface area contributed by atoms with Crippen LogP contribution in [0.5, 0.6) is 5.75 Å². The predicted molar refractivity (Wildman–Crippen MR) is 110 cm³/mol. The van der Waals surface area contributed by atoms with Gasteiger partial charge >= 0.3 is 5.97 Å². The monoisotopic (exact) mass is 415 g/mol. The topological polar surface area (TPSA) is 64.6 Å². The number of hydrogen-bond donors (Lipinski definition) is 1. The van der Waals surface area contributed by atoms with E-state index in [9.17, 15) is 9.59 Å². The second kappa shape index (κ2) is 9.39. The zero-order valence-corrected chi connectivity index (χ0v) is 16.6. The first-order valence-corrected chi connectivity index (χ1v) is 9.82. The molecule has 0 spiro atoms. The molecule has 3 rings (SSSR count). The Hall–Kier alpha value is -2.83. The van der Waals surface area contributed by atoms with Crippen molar-refractivity contribution in [3.8, 4) is 5.75 Å². The Morgan fingerprint density at radius 2 is 1.75 bits per heavy atom. The summed E-state index contributed by atoms with van der Waals surface area (Å²) in [6, 6.07) is 19.1. The fourth-order valence-electron chi connectivity index (χ4n) is 2.54. The van der Waals surface area contributed by atoms with E-state index in [0.29, 0.717) is 32.8 Å². The molecule has 0 bridgehead atoms. The quantitative estimate of drug-likeness (QED) is 0.529. The average Bonchev–Trinajstić information content (AvgIpc) is 3.15. The Bertz CT molecular complexity index is 958. The van der Waals surface area contributed by atoms with E-state index in [1.807, 2.05) is 19.1 Å². The highest BCUT2D eigenvalue weighted by Crippen LogP contribution is 2.28. The lowest BCUT2D eigenvalue weighted by molar-refractivity contribution is -0.125. The molecule has 1 amide bonds. The number of ether oxygens (including phenoxy) is 2. The second-order valence-corrected chi connectivity index (χ2v) is 7.43. The van der Waals surface area contributed by atoms with E-state index in [4.69, 9.17) is 21.1 Å². The van der Waals surface area contributed by atoms with Crippen molar-refractivity contribution in [1.82, 2.24) is 0 Å². The van der Waals surface area contributed by atoms with E-state index in [1.54, 1.807) is 54.6 Å². The Kier molecular flexibility index (Phi) is 6.68. The van der Waals surface area contributed by atoms with E-state index < -0.39 is 18.0 Å². The third-order valence-electron chi connectivity index (χ3n) is 3.78. The highest BCUT2D eigenvalue weighted by Gasteiger charge is 2.27. The van der Waals surface area contributed by atoms with Gasteiger partial charge in [0.1, 0.15) is 10.6 Å². The van der Waals surface area contributed by atoms with Crippen molar-refractivity contribution in [3.63, 3.8) is 0 Å². The molecular formula is C21H18ClNO4S. The standard InChI is InChI=1S/C21H18ClNO4S/c1-2-26-16-11-7-6-10-15(16)23-20(24)19(14-8-4-3-5-9-14)27-21(25)17-12-13-18(22)28-17/h3-13,19H,2H2,1H3,(H,23,24)/t19-/m0/s1. The molecule has 3 aromatic rings. The average molecular weight is 416 g/mol. The molecule has 0 saturated carbocycles. The smallest absolute Gasteiger partial charge is 0.349 e. The van der Waals surface area contributed by atoms with Crippen molar-refractivity contribution in [2.24, 2.45) is 0 Å². The van der Waals surface area contributed by atoms with Crippen LogP contribution in [0.1, 0.15) is 28.3 Å². The molecule has 0 aliphatic rings. The maximum Gasteiger partial charge on any atom is 0.349 e. The van der Waals surface area contributed by atoms with Gasteiger partial charge in [-0.15, -0.1) is 11.3 Å². The fourth-order valence-corrected chi connectivity index (χ4v) is 3.47. The van der Waals surface area contributed by atoms with Gasteiger partial charge in [0, 0.05) is 5.56 Å². The summed E-state index contributed by atoms with van der Waals surface area (Å²) in [4.78, 5) is 25.8. The highest BCUT2D eigenvalue weighted by molar-refractivity contribution is 7.17. The molecule has 5 nitrogen and oxygen atoms in total. The molecule has 1 N–H and O–H groups in total. The summed E-state index contributed by atoms with van der Waals surface area (Å²) in [7, 11) is 0. The lowest BCUT2D eigenvalue weighted by atomic mass is 10.1. The van der Waals surface area contributed by atoms with Gasteiger partial charge in [-0.05, 0) is 31.2 Å². The molecule has 1 heterocycles. The summed E-state index contributed by atoms with van der Waals surface area (Å²) in [5, 5.41) is 2.79. The minimum absolute atomic E-state index is 0.327. The number of para-hydroxylation sites is 2. The molecule has 0 fully saturated rings. The van der Waals surface area contributed by atoms with Crippen molar-refractivity contribution < 1.29 is 19.1 Å². The molecule has 144 valence electrons. The molecule has 0 radical (unpaired) electrons. The van der Waals surface area contributed by atoms with Crippen LogP contribution in [0, 0.1) is 0 Å². The van der Waals surface area contributed by atoms with E-state index in [2.05, 4.69) is 5.32 Å². The number of thiophene rings is 1. The molecular weight excluding hydrogens is 398 g/mol. The first-order valence-electron chi connectivity index (χ1n) is 8.62. The number of anilines is 1. The molecule has 0 unspecified atom stereocenters. The van der Waals surface area contributed by atoms with E-state index in [1.165, 1.54) is 0 Å². The summed E-state index contributed by atoms with van der Waals surface area (Å²) >= 11 is 6.99. The largest absolute Gasteiger partial charge is 0.492 e. The SMILES string of the molecule is CCOc1ccccc1NC(=O)[C@@H](OC(=O)c1ccc(Cl)s1)c1ccccc1. The van der Waals surface area contributed by atoms with Crippen LogP contribution in [0.25, 0.3) is 0 Å². The van der Waals surface area contributed by atoms with Gasteiger partial charge in [-0.25, -0.2) is 4.79 Å². The number of carbonyl (C=O) groups is 2. The molecule has 0 saturated heterocycles. The lowest BCUT2D eigenvalue weighted by Gasteiger charge is -2.19. The number of esters is 1. The lowest BCUT2D eigenvalue weighted by Crippen LogP contribution is -2.26. The molecule has 1 atom stereocenters. The number of halogens is 1. The maximum absolute atomic E-state index is 13.0. The summed E-state index contributed by atoms with van der Waals surface area (Å²) in [5.74, 6) is -0.546. The van der Waals surface area contributed by atoms with Gasteiger partial charge in [-0.1, -0.05) is 54.1 Å². The van der Waals surface area contributed by atoms with Gasteiger partial charge in [0.15, 0.2) is 0 Å². The highest BCUT2D eigenvalue weighted by atomic mass is 35.5. The van der Waals surface area contributed by atoms with Gasteiger partial charge in [0.25, 0.3) is 5.91 Å². The first kappa shape index (κ1) is 19.9. The number of amides is 1. The van der Waals surface area contributed by atoms with Crippen molar-refractivity contribution >= 4 is 40.5 Å². The van der Waals surface area contributed by atoms with Gasteiger partial charge in [0.05, 0.1) is 16.6 Å². The fraction of sp³-hybridized carbons (Fsp3) is 0.143. The molecule has 28 heavy (non-hydrogen) atoms. The van der Waals surface area contributed by atoms with Crippen LogP contribution in [-0.2, 0) is 9.53 Å². The predicted octanol–water partition coefficient (Wildman–Crippen LogP) is 5.34. The van der Waals surface area contributed by atoms with Gasteiger partial charge < -0.3 is 14.8 Å². The van der Waals surface area contributed by atoms with Crippen LogP contribution < -0.4 is 10.1 Å². The van der Waals surface area contributed by atoms with Gasteiger partial charge in [0.2, 0.25) is 6.10 Å². The van der Waals surface area contributed by atoms with E-state index in [0.717, 1.165) is 11.3 Å². The molecule has 2 aromatic carbocycles. The van der Waals surface area contributed by atoms with Crippen LogP contribution in [0.4, 0.5) is 5.69 Å². The van der Waals surface area contributed by atoms with Gasteiger partial charge in [-0.2, -0.15) is 0 Å². The zero-order chi connectivity index (χ0) is 19.9. The zero-order valence-electron chi connectivity index (χ0n) is 15.1. The summed E-state index contributed by atoms with van der Waals surface area (Å²) in [6.45, 7) is 2.32. The van der Waals surface area contributed by atoms with Crippen LogP contribution in [0.2, 0.25) is 4.34 Å². The van der Waals surface area contributed by atoms with Crippen LogP contribution in [0.15, 0.2) is 66.7 Å². The second-order valence-electron chi connectivity index (χ2n) is 5.72. The summed E-state index contributed by atoms with van der Waals surface area (Å²) in [5.41, 5.74) is 1.07. The van der Waals surface area contributed by atoms with Crippen molar-refractivity contribution in [2.45, 2.75) is 13.0 Å². The van der Waals surface area contributed by atoms with E-state index in [-0.39, 0.29) is 0 Å². The first-order chi connectivity index (χ1) is 13.6. The number of nitrogens with one attached hydrogen (secondary N) is 1. The van der Waals surface area contributed by atoms with Crippen molar-refractivity contribution in [2.75, 3.05) is 11.9 Å². The van der Waals surface area contributed by atoms with E-state index >= 15 is 0 Å². The Labute approximate surface area is 171 Å². The van der Waals surface area contributed by atoms with Crippen LogP contribution in [-0.4, -0.2) is 18.5 Å². The van der Waals surface area contributed by atoms with Crippen molar-refractivity contribution in [1.29, 1.82) is 0 Å². The number of benzene rings is 2. The number of carbonyl (C=O) groups excluding carboxylic acids is 2. The Balaban J connectivity index is 1.85. The molecule has 0 aliphatic heterocycles. The third kappa shape index (κ3) is 4.91. The molecule has 1 aromatic heterocycles. The van der Waals surface area contributed by atoms with Crippen LogP contribution in [0.3, 0.4) is 0 Å². The van der Waals surface area contributed by atoms with Crippen molar-refractivity contribution in [3.05, 3.63) is 81.5 Å². The van der Waals surface area contributed by atoms with Crippen LogP contribution >= 0.6 is 22.9 Å². The molecule has 0 aliphatic carbocycles. The number of hydrogen-bond acceptors (Lipinski definition) is 5. The Morgan fingerprint density at radius 1 is 1.04 bits per heavy atom. The Morgan fingerprint density at radius 3 is 2.43 bits per heavy atom. The molecule has 7 heteroatoms. The van der Waals surface area contributed by atoms with Gasteiger partial charge in [-0.3, -0.25) is 4.79 Å². The number of rotatable bonds is 7. The summed E-state index contributed by atoms with van der Waals surface area (Å²) < 4.78 is 11.5. The third-order valence-corrected chi connectivity index (χ3v) is 5.00. The minimum Gasteiger partial charge on any atom is -0.492 e. The maximum atomic E-state index is 13.0. The minimum atomic E-state index is -1.12.